The van der Waals surface area contributed by atoms with Crippen LogP contribution in [0.5, 0.6) is 0 Å². The van der Waals surface area contributed by atoms with Crippen LogP contribution >= 0.6 is 27.7 Å². The molecule has 0 aromatic heterocycles. The van der Waals surface area contributed by atoms with Gasteiger partial charge >= 0.3 is 0 Å². The van der Waals surface area contributed by atoms with Gasteiger partial charge in [-0.3, -0.25) is 0 Å². The quantitative estimate of drug-likeness (QED) is 0.214. The van der Waals surface area contributed by atoms with Crippen molar-refractivity contribution in [1.82, 2.24) is 0 Å². The van der Waals surface area contributed by atoms with E-state index >= 15 is 0 Å². The molecule has 0 bridgehead atoms. The first-order valence-corrected chi connectivity index (χ1v) is 12.9. The summed E-state index contributed by atoms with van der Waals surface area (Å²) in [5.41, 5.74) is 10.8. The molecule has 0 nitrogen and oxygen atoms in total. The summed E-state index contributed by atoms with van der Waals surface area (Å²) in [7, 11) is 0. The molecule has 158 valence electrons. The highest BCUT2D eigenvalue weighted by Crippen LogP contribution is 2.52. The van der Waals surface area contributed by atoms with Gasteiger partial charge in [-0.15, -0.1) is 0 Å². The fourth-order valence-corrected chi connectivity index (χ4v) is 7.12. The van der Waals surface area contributed by atoms with Crippen LogP contribution in [0.1, 0.15) is 25.0 Å². The third-order valence-corrected chi connectivity index (χ3v) is 8.96. The minimum Gasteiger partial charge on any atom is -0.0888 e. The maximum Gasteiger partial charge on any atom is 0.0207 e. The Kier molecular flexibility index (Phi) is 4.08. The van der Waals surface area contributed by atoms with Crippen molar-refractivity contribution in [1.29, 1.82) is 0 Å². The Morgan fingerprint density at radius 2 is 1.30 bits per heavy atom. The lowest BCUT2D eigenvalue weighted by atomic mass is 9.81. The summed E-state index contributed by atoms with van der Waals surface area (Å²) in [4.78, 5) is 2.69. The van der Waals surface area contributed by atoms with E-state index in [1.807, 2.05) is 11.8 Å². The van der Waals surface area contributed by atoms with Gasteiger partial charge in [0.1, 0.15) is 0 Å². The van der Waals surface area contributed by atoms with Gasteiger partial charge in [0.25, 0.3) is 0 Å². The van der Waals surface area contributed by atoms with Crippen LogP contribution in [0.4, 0.5) is 0 Å². The van der Waals surface area contributed by atoms with Crippen molar-refractivity contribution >= 4 is 38.5 Å². The summed E-state index contributed by atoms with van der Waals surface area (Å²) in [6.07, 6.45) is 0. The van der Waals surface area contributed by atoms with Crippen LogP contribution in [0.2, 0.25) is 0 Å². The van der Waals surface area contributed by atoms with Crippen molar-refractivity contribution in [2.75, 3.05) is 0 Å². The van der Waals surface area contributed by atoms with E-state index in [0.717, 1.165) is 4.47 Å². The van der Waals surface area contributed by atoms with Gasteiger partial charge < -0.3 is 0 Å². The van der Waals surface area contributed by atoms with Gasteiger partial charge in [0.2, 0.25) is 0 Å². The van der Waals surface area contributed by atoms with Gasteiger partial charge in [0, 0.05) is 25.1 Å². The smallest absolute Gasteiger partial charge is 0.0207 e. The molecular weight excluding hydrogens is 484 g/mol. The van der Waals surface area contributed by atoms with Crippen LogP contribution in [0.25, 0.3) is 44.2 Å². The lowest BCUT2D eigenvalue weighted by molar-refractivity contribution is 0.660. The van der Waals surface area contributed by atoms with E-state index < -0.39 is 0 Å². The molecule has 0 N–H and O–H groups in total. The zero-order valence-corrected chi connectivity index (χ0v) is 20.8. The van der Waals surface area contributed by atoms with Gasteiger partial charge in [-0.2, -0.15) is 0 Å². The van der Waals surface area contributed by atoms with Gasteiger partial charge in [-0.1, -0.05) is 96.1 Å². The summed E-state index contributed by atoms with van der Waals surface area (Å²) >= 11 is 5.56. The molecule has 5 aromatic carbocycles. The van der Waals surface area contributed by atoms with Gasteiger partial charge in [0.15, 0.2) is 0 Å². The Morgan fingerprint density at radius 3 is 2.15 bits per heavy atom. The van der Waals surface area contributed by atoms with Gasteiger partial charge in [-0.05, 0) is 86.3 Å². The highest BCUT2D eigenvalue weighted by atomic mass is 79.9. The largest absolute Gasteiger partial charge is 0.0888 e. The molecule has 1 aliphatic carbocycles. The number of benzene rings is 5. The van der Waals surface area contributed by atoms with E-state index in [2.05, 4.69) is 121 Å². The minimum atomic E-state index is -0.0148. The highest BCUT2D eigenvalue weighted by Gasteiger charge is 2.35. The van der Waals surface area contributed by atoms with E-state index in [1.54, 1.807) is 0 Å². The molecule has 0 saturated carbocycles. The monoisotopic (exact) mass is 504 g/mol. The molecule has 2 aliphatic rings. The third kappa shape index (κ3) is 2.77. The summed E-state index contributed by atoms with van der Waals surface area (Å²) in [6.45, 7) is 4.68. The molecule has 0 radical (unpaired) electrons. The van der Waals surface area contributed by atoms with Crippen LogP contribution in [0.15, 0.2) is 105 Å². The number of fused-ring (bicyclic) bond motifs is 5. The second-order valence-corrected chi connectivity index (χ2v) is 11.5. The number of hydrogen-bond acceptors (Lipinski definition) is 1. The van der Waals surface area contributed by atoms with Gasteiger partial charge in [-0.25, -0.2) is 0 Å². The predicted molar refractivity (Wildman–Crippen MR) is 144 cm³/mol. The van der Waals surface area contributed by atoms with Crippen molar-refractivity contribution in [3.63, 3.8) is 0 Å². The van der Waals surface area contributed by atoms with E-state index in [9.17, 15) is 0 Å². The van der Waals surface area contributed by atoms with Crippen molar-refractivity contribution in [2.45, 2.75) is 29.1 Å². The average molecular weight is 505 g/mol. The van der Waals surface area contributed by atoms with Crippen molar-refractivity contribution in [3.8, 4) is 33.4 Å². The number of halogens is 1. The minimum absolute atomic E-state index is 0.0148. The molecule has 0 spiro atoms. The molecule has 0 saturated heterocycles. The normalized spacial score (nSPS) is 14.6. The second-order valence-electron chi connectivity index (χ2n) is 9.55. The molecule has 5 aromatic rings. The predicted octanol–water partition coefficient (Wildman–Crippen LogP) is 9.71. The molecule has 7 rings (SSSR count). The average Bonchev–Trinajstić information content (AvgIpc) is 3.05. The fraction of sp³-hybridized carbons (Fsp3) is 0.0968. The Balaban J connectivity index is 1.39. The van der Waals surface area contributed by atoms with E-state index in [0.29, 0.717) is 0 Å². The Morgan fingerprint density at radius 1 is 0.606 bits per heavy atom. The van der Waals surface area contributed by atoms with Crippen molar-refractivity contribution in [2.24, 2.45) is 0 Å². The maximum absolute atomic E-state index is 3.67. The summed E-state index contributed by atoms with van der Waals surface area (Å²) in [5.74, 6) is 0. The standard InChI is InChI=1S/C31H21BrS/c1-31(2)26-16-20(9-12-22(26)23-13-11-21(32)17-27(23)31)19-10-14-28-25(15-19)24-7-3-5-18-6-4-8-29(33-28)30(18)24/h3-17H,1-2H3. The molecule has 2 heteroatoms. The number of rotatable bonds is 1. The Bertz CT molecular complexity index is 1620. The number of hydrogen-bond donors (Lipinski definition) is 0. The molecular formula is C31H21BrS. The summed E-state index contributed by atoms with van der Waals surface area (Å²) in [5, 5.41) is 2.70. The van der Waals surface area contributed by atoms with Crippen molar-refractivity contribution in [3.05, 3.63) is 107 Å². The molecule has 0 amide bonds. The Hall–Kier alpha value is -2.81. The third-order valence-electron chi connectivity index (χ3n) is 7.33. The van der Waals surface area contributed by atoms with E-state index in [4.69, 9.17) is 0 Å². The second kappa shape index (κ2) is 6.85. The molecule has 1 aliphatic heterocycles. The molecule has 1 heterocycles. The molecule has 0 unspecified atom stereocenters. The lowest BCUT2D eigenvalue weighted by Crippen LogP contribution is -2.15. The zero-order valence-electron chi connectivity index (χ0n) is 18.4. The van der Waals surface area contributed by atoms with Crippen LogP contribution in [-0.2, 0) is 5.41 Å². The van der Waals surface area contributed by atoms with Crippen LogP contribution in [0.3, 0.4) is 0 Å². The van der Waals surface area contributed by atoms with E-state index in [-0.39, 0.29) is 5.41 Å². The lowest BCUT2D eigenvalue weighted by Gasteiger charge is -2.23. The fourth-order valence-electron chi connectivity index (χ4n) is 5.63. The topological polar surface area (TPSA) is 0 Å². The molecule has 33 heavy (non-hydrogen) atoms. The summed E-state index contributed by atoms with van der Waals surface area (Å²) < 4.78 is 1.14. The van der Waals surface area contributed by atoms with Crippen molar-refractivity contribution < 1.29 is 0 Å². The van der Waals surface area contributed by atoms with Crippen LogP contribution in [-0.4, -0.2) is 0 Å². The highest BCUT2D eigenvalue weighted by molar-refractivity contribution is 9.10. The first-order chi connectivity index (χ1) is 16.0. The summed E-state index contributed by atoms with van der Waals surface area (Å²) in [6, 6.07) is 34.0. The van der Waals surface area contributed by atoms with Gasteiger partial charge in [0.05, 0.1) is 0 Å². The van der Waals surface area contributed by atoms with Crippen LogP contribution < -0.4 is 0 Å². The molecule has 0 fully saturated rings. The van der Waals surface area contributed by atoms with E-state index in [1.165, 1.54) is 65.1 Å². The Labute approximate surface area is 206 Å². The first kappa shape index (κ1) is 19.6. The molecule has 0 atom stereocenters. The maximum atomic E-state index is 3.67. The van der Waals surface area contributed by atoms with Crippen LogP contribution in [0, 0.1) is 0 Å². The SMILES string of the molecule is CC1(C)c2cc(Br)ccc2-c2ccc(-c3ccc4c(c3)-c3cccc5cccc(c35)S4)cc21. The zero-order chi connectivity index (χ0) is 22.3. The first-order valence-electron chi connectivity index (χ1n) is 11.3.